The second kappa shape index (κ2) is 4.53. The van der Waals surface area contributed by atoms with Gasteiger partial charge in [-0.1, -0.05) is 24.3 Å². The first kappa shape index (κ1) is 11.6. The van der Waals surface area contributed by atoms with E-state index < -0.39 is 10.0 Å². The molecule has 0 aliphatic heterocycles. The van der Waals surface area contributed by atoms with E-state index in [0.29, 0.717) is 12.5 Å². The van der Waals surface area contributed by atoms with Gasteiger partial charge in [-0.2, -0.15) is 0 Å². The van der Waals surface area contributed by atoms with Crippen LogP contribution in [0.2, 0.25) is 0 Å². The Labute approximate surface area is 95.9 Å². The maximum atomic E-state index is 10.7. The van der Waals surface area contributed by atoms with E-state index in [2.05, 4.69) is 17.4 Å². The van der Waals surface area contributed by atoms with Crippen LogP contribution in [0.4, 0.5) is 0 Å². The number of sulfonamides is 1. The van der Waals surface area contributed by atoms with E-state index in [-0.39, 0.29) is 5.75 Å². The highest BCUT2D eigenvalue weighted by Gasteiger charge is 2.24. The lowest BCUT2D eigenvalue weighted by atomic mass is 9.78. The molecule has 0 saturated heterocycles. The van der Waals surface area contributed by atoms with Gasteiger partial charge >= 0.3 is 0 Å². The van der Waals surface area contributed by atoms with Gasteiger partial charge in [-0.3, -0.25) is 0 Å². The Balaban J connectivity index is 1.74. The topological polar surface area (TPSA) is 72.2 Å². The summed E-state index contributed by atoms with van der Waals surface area (Å²) >= 11 is 0. The number of benzene rings is 1. The summed E-state index contributed by atoms with van der Waals surface area (Å²) in [4.78, 5) is 0. The van der Waals surface area contributed by atoms with Crippen molar-refractivity contribution >= 4 is 10.0 Å². The van der Waals surface area contributed by atoms with Crippen LogP contribution < -0.4 is 10.5 Å². The second-order valence-corrected chi connectivity index (χ2v) is 5.90. The SMILES string of the molecule is NS(=O)(=O)CCNCC1Cc2ccccc21. The first-order valence-electron chi connectivity index (χ1n) is 5.35. The summed E-state index contributed by atoms with van der Waals surface area (Å²) in [5.74, 6) is 0.526. The Morgan fingerprint density at radius 3 is 2.81 bits per heavy atom. The van der Waals surface area contributed by atoms with Gasteiger partial charge in [0.1, 0.15) is 0 Å². The number of hydrogen-bond acceptors (Lipinski definition) is 3. The van der Waals surface area contributed by atoms with E-state index in [1.807, 2.05) is 12.1 Å². The third-order valence-electron chi connectivity index (χ3n) is 2.92. The van der Waals surface area contributed by atoms with E-state index in [4.69, 9.17) is 5.14 Å². The average molecular weight is 240 g/mol. The lowest BCUT2D eigenvalue weighted by Crippen LogP contribution is -2.33. The summed E-state index contributed by atoms with van der Waals surface area (Å²) < 4.78 is 21.4. The Morgan fingerprint density at radius 2 is 2.12 bits per heavy atom. The number of nitrogens with one attached hydrogen (secondary N) is 1. The van der Waals surface area contributed by atoms with E-state index in [1.54, 1.807) is 0 Å². The van der Waals surface area contributed by atoms with Crippen molar-refractivity contribution < 1.29 is 8.42 Å². The summed E-state index contributed by atoms with van der Waals surface area (Å²) in [6.07, 6.45) is 1.08. The standard InChI is InChI=1S/C11H16N2O2S/c12-16(14,15)6-5-13-8-10-7-9-3-1-2-4-11(9)10/h1-4,10,13H,5-8H2,(H2,12,14,15). The zero-order valence-corrected chi connectivity index (χ0v) is 9.83. The van der Waals surface area contributed by atoms with Gasteiger partial charge in [0.15, 0.2) is 0 Å². The fourth-order valence-electron chi connectivity index (χ4n) is 2.04. The molecule has 1 aromatic carbocycles. The van der Waals surface area contributed by atoms with E-state index in [0.717, 1.165) is 13.0 Å². The van der Waals surface area contributed by atoms with Crippen LogP contribution >= 0.6 is 0 Å². The Bertz CT molecular complexity index is 471. The third kappa shape index (κ3) is 2.81. The van der Waals surface area contributed by atoms with Crippen LogP contribution in [-0.2, 0) is 16.4 Å². The molecule has 0 fully saturated rings. The number of hydrogen-bond donors (Lipinski definition) is 2. The molecule has 0 spiro atoms. The van der Waals surface area contributed by atoms with E-state index in [1.165, 1.54) is 11.1 Å². The molecule has 1 unspecified atom stereocenters. The van der Waals surface area contributed by atoms with Gasteiger partial charge in [0.2, 0.25) is 10.0 Å². The normalized spacial score (nSPS) is 18.9. The molecule has 0 saturated carbocycles. The lowest BCUT2D eigenvalue weighted by Gasteiger charge is -2.30. The van der Waals surface area contributed by atoms with Crippen molar-refractivity contribution in [2.24, 2.45) is 5.14 Å². The highest BCUT2D eigenvalue weighted by atomic mass is 32.2. The molecular weight excluding hydrogens is 224 g/mol. The molecule has 1 aromatic rings. The third-order valence-corrected chi connectivity index (χ3v) is 3.69. The molecule has 0 radical (unpaired) electrons. The molecule has 0 amide bonds. The van der Waals surface area contributed by atoms with E-state index in [9.17, 15) is 8.42 Å². The van der Waals surface area contributed by atoms with Crippen molar-refractivity contribution in [1.29, 1.82) is 0 Å². The van der Waals surface area contributed by atoms with Crippen LogP contribution in [0.3, 0.4) is 0 Å². The molecule has 1 aliphatic carbocycles. The smallest absolute Gasteiger partial charge is 0.210 e. The van der Waals surface area contributed by atoms with Gasteiger partial charge in [0, 0.05) is 19.0 Å². The minimum atomic E-state index is -3.33. The van der Waals surface area contributed by atoms with Crippen LogP contribution in [-0.4, -0.2) is 27.3 Å². The van der Waals surface area contributed by atoms with Crippen molar-refractivity contribution in [1.82, 2.24) is 5.32 Å². The van der Waals surface area contributed by atoms with Gasteiger partial charge < -0.3 is 5.32 Å². The van der Waals surface area contributed by atoms with E-state index >= 15 is 0 Å². The van der Waals surface area contributed by atoms with Crippen LogP contribution in [0.25, 0.3) is 0 Å². The predicted molar refractivity (Wildman–Crippen MR) is 63.7 cm³/mol. The zero-order valence-electron chi connectivity index (χ0n) is 9.02. The van der Waals surface area contributed by atoms with Crippen molar-refractivity contribution in [3.05, 3.63) is 35.4 Å². The molecule has 0 bridgehead atoms. The van der Waals surface area contributed by atoms with Crippen LogP contribution in [0.5, 0.6) is 0 Å². The Morgan fingerprint density at radius 1 is 1.38 bits per heavy atom. The number of rotatable bonds is 5. The molecule has 0 heterocycles. The van der Waals surface area contributed by atoms with Crippen LogP contribution in [0.15, 0.2) is 24.3 Å². The average Bonchev–Trinajstić information content (AvgIpc) is 2.17. The molecule has 1 aliphatic rings. The molecular formula is C11H16N2O2S. The fourth-order valence-corrected chi connectivity index (χ4v) is 2.46. The number of fused-ring (bicyclic) bond motifs is 1. The lowest BCUT2D eigenvalue weighted by molar-refractivity contribution is 0.542. The van der Waals surface area contributed by atoms with Crippen molar-refractivity contribution in [2.45, 2.75) is 12.3 Å². The molecule has 16 heavy (non-hydrogen) atoms. The van der Waals surface area contributed by atoms with Crippen molar-refractivity contribution in [3.63, 3.8) is 0 Å². The van der Waals surface area contributed by atoms with Gasteiger partial charge in [0.25, 0.3) is 0 Å². The quantitative estimate of drug-likeness (QED) is 0.722. The zero-order chi connectivity index (χ0) is 11.6. The van der Waals surface area contributed by atoms with Gasteiger partial charge in [-0.25, -0.2) is 13.6 Å². The first-order valence-corrected chi connectivity index (χ1v) is 7.07. The monoisotopic (exact) mass is 240 g/mol. The summed E-state index contributed by atoms with van der Waals surface area (Å²) in [7, 11) is -3.33. The molecule has 5 heteroatoms. The maximum absolute atomic E-state index is 10.7. The van der Waals surface area contributed by atoms with Gasteiger partial charge in [-0.05, 0) is 17.5 Å². The summed E-state index contributed by atoms with van der Waals surface area (Å²) in [5, 5.41) is 8.03. The number of primary sulfonamides is 1. The highest BCUT2D eigenvalue weighted by Crippen LogP contribution is 2.33. The molecule has 3 N–H and O–H groups in total. The highest BCUT2D eigenvalue weighted by molar-refractivity contribution is 7.89. The first-order chi connectivity index (χ1) is 7.56. The minimum Gasteiger partial charge on any atom is -0.315 e. The van der Waals surface area contributed by atoms with Gasteiger partial charge in [0.05, 0.1) is 5.75 Å². The van der Waals surface area contributed by atoms with Crippen molar-refractivity contribution in [2.75, 3.05) is 18.8 Å². The molecule has 2 rings (SSSR count). The Kier molecular flexibility index (Phi) is 3.28. The Hall–Kier alpha value is -0.910. The fraction of sp³-hybridized carbons (Fsp3) is 0.455. The number of nitrogens with two attached hydrogens (primary N) is 1. The second-order valence-electron chi connectivity index (χ2n) is 4.17. The largest absolute Gasteiger partial charge is 0.315 e. The van der Waals surface area contributed by atoms with Crippen molar-refractivity contribution in [3.8, 4) is 0 Å². The summed E-state index contributed by atoms with van der Waals surface area (Å²) in [6.45, 7) is 1.25. The van der Waals surface area contributed by atoms with Gasteiger partial charge in [-0.15, -0.1) is 0 Å². The van der Waals surface area contributed by atoms with Crippen LogP contribution in [0.1, 0.15) is 17.0 Å². The van der Waals surface area contributed by atoms with Crippen LogP contribution in [0, 0.1) is 0 Å². The maximum Gasteiger partial charge on any atom is 0.210 e. The summed E-state index contributed by atoms with van der Waals surface area (Å²) in [5.41, 5.74) is 2.78. The summed E-state index contributed by atoms with van der Waals surface area (Å²) in [6, 6.07) is 8.35. The molecule has 0 aromatic heterocycles. The molecule has 4 nitrogen and oxygen atoms in total. The minimum absolute atomic E-state index is 0.00136. The molecule has 88 valence electrons. The molecule has 1 atom stereocenters. The predicted octanol–water partition coefficient (Wildman–Crippen LogP) is 0.204.